The first-order valence-corrected chi connectivity index (χ1v) is 4.62. The third-order valence-corrected chi connectivity index (χ3v) is 2.26. The maximum atomic E-state index is 10.4. The summed E-state index contributed by atoms with van der Waals surface area (Å²) in [7, 11) is 0. The maximum absolute atomic E-state index is 10.4. The summed E-state index contributed by atoms with van der Waals surface area (Å²) in [6.45, 7) is 0. The van der Waals surface area contributed by atoms with E-state index >= 15 is 0 Å². The van der Waals surface area contributed by atoms with Crippen LogP contribution in [0.1, 0.15) is 10.4 Å². The van der Waals surface area contributed by atoms with Crippen LogP contribution in [0.4, 0.5) is 0 Å². The molecule has 74 valence electrons. The van der Waals surface area contributed by atoms with Gasteiger partial charge in [-0.3, -0.25) is 4.79 Å². The molecule has 6 heteroatoms. The Hall–Kier alpha value is -1.56. The van der Waals surface area contributed by atoms with Gasteiger partial charge in [0.15, 0.2) is 0 Å². The summed E-state index contributed by atoms with van der Waals surface area (Å²) in [5, 5.41) is 17.4. The summed E-state index contributed by atoms with van der Waals surface area (Å²) in [5.74, 6) is -2.06. The second-order valence-electron chi connectivity index (χ2n) is 2.37. The zero-order valence-electron chi connectivity index (χ0n) is 7.01. The molecule has 0 aliphatic heterocycles. The van der Waals surface area contributed by atoms with Crippen molar-refractivity contribution in [2.45, 2.75) is 5.03 Å². The third kappa shape index (κ3) is 3.06. The molecule has 0 saturated heterocycles. The van der Waals surface area contributed by atoms with Gasteiger partial charge in [0.2, 0.25) is 0 Å². The molecule has 0 fully saturated rings. The van der Waals surface area contributed by atoms with Gasteiger partial charge in [-0.05, 0) is 12.1 Å². The van der Waals surface area contributed by atoms with E-state index in [1.165, 1.54) is 18.3 Å². The molecule has 1 heterocycles. The number of aliphatic carboxylic acids is 1. The standard InChI is InChI=1S/C8H7NO4S/c10-7(11)4-14-6-2-1-5(3-9-6)8(12)13/h1-3H,4H2,(H,10,11)(H,12,13). The quantitative estimate of drug-likeness (QED) is 0.724. The van der Waals surface area contributed by atoms with Gasteiger partial charge < -0.3 is 10.2 Å². The van der Waals surface area contributed by atoms with E-state index in [-0.39, 0.29) is 11.3 Å². The van der Waals surface area contributed by atoms with Crippen molar-refractivity contribution < 1.29 is 19.8 Å². The average molecular weight is 213 g/mol. The molecule has 0 radical (unpaired) electrons. The van der Waals surface area contributed by atoms with Crippen molar-refractivity contribution >= 4 is 23.7 Å². The Morgan fingerprint density at radius 1 is 1.36 bits per heavy atom. The zero-order valence-corrected chi connectivity index (χ0v) is 7.82. The molecule has 5 nitrogen and oxygen atoms in total. The van der Waals surface area contributed by atoms with E-state index in [1.807, 2.05) is 0 Å². The summed E-state index contributed by atoms with van der Waals surface area (Å²) >= 11 is 1.05. The number of nitrogens with zero attached hydrogens (tertiary/aromatic N) is 1. The number of aromatic nitrogens is 1. The van der Waals surface area contributed by atoms with Gasteiger partial charge in [-0.25, -0.2) is 9.78 Å². The fraction of sp³-hybridized carbons (Fsp3) is 0.125. The fourth-order valence-corrected chi connectivity index (χ4v) is 1.29. The van der Waals surface area contributed by atoms with Gasteiger partial charge in [-0.2, -0.15) is 0 Å². The molecular weight excluding hydrogens is 206 g/mol. The van der Waals surface area contributed by atoms with Crippen molar-refractivity contribution in [2.75, 3.05) is 5.75 Å². The second kappa shape index (κ2) is 4.61. The summed E-state index contributed by atoms with van der Waals surface area (Å²) in [6.07, 6.45) is 1.20. The molecule has 0 aromatic carbocycles. The number of hydrogen-bond acceptors (Lipinski definition) is 4. The number of carboxylic acid groups (broad SMARTS) is 2. The molecule has 0 saturated carbocycles. The molecule has 0 aliphatic rings. The number of carbonyl (C=O) groups is 2. The van der Waals surface area contributed by atoms with Crippen molar-refractivity contribution in [3.63, 3.8) is 0 Å². The lowest BCUT2D eigenvalue weighted by Gasteiger charge is -1.97. The van der Waals surface area contributed by atoms with Gasteiger partial charge in [0.1, 0.15) is 0 Å². The first kappa shape index (κ1) is 10.5. The van der Waals surface area contributed by atoms with E-state index in [9.17, 15) is 9.59 Å². The second-order valence-corrected chi connectivity index (χ2v) is 3.37. The van der Waals surface area contributed by atoms with E-state index in [0.717, 1.165) is 11.8 Å². The molecule has 1 aromatic rings. The number of hydrogen-bond donors (Lipinski definition) is 2. The molecular formula is C8H7NO4S. The number of carboxylic acids is 2. The lowest BCUT2D eigenvalue weighted by Crippen LogP contribution is -1.99. The number of rotatable bonds is 4. The van der Waals surface area contributed by atoms with Crippen LogP contribution in [0, 0.1) is 0 Å². The van der Waals surface area contributed by atoms with Crippen LogP contribution in [0.25, 0.3) is 0 Å². The van der Waals surface area contributed by atoms with Crippen LogP contribution < -0.4 is 0 Å². The molecule has 0 spiro atoms. The summed E-state index contributed by atoms with van der Waals surface area (Å²) in [4.78, 5) is 24.4. The van der Waals surface area contributed by atoms with E-state index in [2.05, 4.69) is 4.98 Å². The number of thioether (sulfide) groups is 1. The third-order valence-electron chi connectivity index (χ3n) is 1.33. The Morgan fingerprint density at radius 2 is 2.07 bits per heavy atom. The highest BCUT2D eigenvalue weighted by atomic mass is 32.2. The van der Waals surface area contributed by atoms with Crippen LogP contribution in [-0.2, 0) is 4.79 Å². The van der Waals surface area contributed by atoms with Crippen molar-refractivity contribution in [3.05, 3.63) is 23.9 Å². The van der Waals surface area contributed by atoms with Gasteiger partial charge in [-0.15, -0.1) is 0 Å². The predicted molar refractivity (Wildman–Crippen MR) is 49.6 cm³/mol. The molecule has 1 rings (SSSR count). The van der Waals surface area contributed by atoms with Crippen molar-refractivity contribution in [1.29, 1.82) is 0 Å². The lowest BCUT2D eigenvalue weighted by atomic mass is 10.3. The summed E-state index contributed by atoms with van der Waals surface area (Å²) in [6, 6.07) is 2.87. The minimum Gasteiger partial charge on any atom is -0.481 e. The summed E-state index contributed by atoms with van der Waals surface area (Å²) < 4.78 is 0. The molecule has 1 aromatic heterocycles. The molecule has 0 bridgehead atoms. The molecule has 0 aliphatic carbocycles. The molecule has 2 N–H and O–H groups in total. The van der Waals surface area contributed by atoms with Gasteiger partial charge >= 0.3 is 11.9 Å². The Morgan fingerprint density at radius 3 is 2.50 bits per heavy atom. The Labute approximate surface area is 83.8 Å². The topological polar surface area (TPSA) is 87.5 Å². The van der Waals surface area contributed by atoms with Crippen molar-refractivity contribution in [3.8, 4) is 0 Å². The van der Waals surface area contributed by atoms with Crippen LogP contribution >= 0.6 is 11.8 Å². The smallest absolute Gasteiger partial charge is 0.337 e. The van der Waals surface area contributed by atoms with Crippen LogP contribution in [-0.4, -0.2) is 32.9 Å². The van der Waals surface area contributed by atoms with Crippen LogP contribution in [0.5, 0.6) is 0 Å². The van der Waals surface area contributed by atoms with Crippen LogP contribution in [0.3, 0.4) is 0 Å². The van der Waals surface area contributed by atoms with E-state index in [0.29, 0.717) is 5.03 Å². The Balaban J connectivity index is 2.64. The highest BCUT2D eigenvalue weighted by Gasteiger charge is 2.04. The van der Waals surface area contributed by atoms with Gasteiger partial charge in [0.05, 0.1) is 16.3 Å². The first-order valence-electron chi connectivity index (χ1n) is 3.63. The van der Waals surface area contributed by atoms with Crippen molar-refractivity contribution in [2.24, 2.45) is 0 Å². The molecule has 0 unspecified atom stereocenters. The average Bonchev–Trinajstić information content (AvgIpc) is 2.15. The SMILES string of the molecule is O=C(O)CSc1ccc(C(=O)O)cn1. The normalized spacial score (nSPS) is 9.71. The predicted octanol–water partition coefficient (Wildman–Crippen LogP) is 0.956. The van der Waals surface area contributed by atoms with E-state index in [1.54, 1.807) is 0 Å². The number of pyridine rings is 1. The highest BCUT2D eigenvalue weighted by Crippen LogP contribution is 2.14. The van der Waals surface area contributed by atoms with Crippen LogP contribution in [0.2, 0.25) is 0 Å². The van der Waals surface area contributed by atoms with Gasteiger partial charge in [-0.1, -0.05) is 11.8 Å². The van der Waals surface area contributed by atoms with E-state index in [4.69, 9.17) is 10.2 Å². The van der Waals surface area contributed by atoms with Gasteiger partial charge in [0, 0.05) is 6.20 Å². The molecule has 14 heavy (non-hydrogen) atoms. The van der Waals surface area contributed by atoms with E-state index < -0.39 is 11.9 Å². The molecule has 0 amide bonds. The highest BCUT2D eigenvalue weighted by molar-refractivity contribution is 7.99. The monoisotopic (exact) mass is 213 g/mol. The summed E-state index contributed by atoms with van der Waals surface area (Å²) in [5.41, 5.74) is 0.0877. The Kier molecular flexibility index (Phi) is 3.47. The minimum absolute atomic E-state index is 0.0839. The fourth-order valence-electron chi connectivity index (χ4n) is 0.728. The lowest BCUT2D eigenvalue weighted by molar-refractivity contribution is -0.133. The zero-order chi connectivity index (χ0) is 10.6. The largest absolute Gasteiger partial charge is 0.481 e. The van der Waals surface area contributed by atoms with Crippen molar-refractivity contribution in [1.82, 2.24) is 4.98 Å². The first-order chi connectivity index (χ1) is 6.59. The van der Waals surface area contributed by atoms with Gasteiger partial charge in [0.25, 0.3) is 0 Å². The molecule has 0 atom stereocenters. The minimum atomic E-state index is -1.05. The van der Waals surface area contributed by atoms with Crippen LogP contribution in [0.15, 0.2) is 23.4 Å². The Bertz CT molecular complexity index is 349. The number of aromatic carboxylic acids is 1. The maximum Gasteiger partial charge on any atom is 0.337 e.